The van der Waals surface area contributed by atoms with E-state index in [0.717, 1.165) is 23.9 Å². The largest absolute Gasteiger partial charge is 0.419 e. The van der Waals surface area contributed by atoms with Crippen molar-refractivity contribution in [2.24, 2.45) is 7.05 Å². The Morgan fingerprint density at radius 2 is 2.21 bits per heavy atom. The van der Waals surface area contributed by atoms with Crippen LogP contribution in [0.2, 0.25) is 0 Å². The average Bonchev–Trinajstić information content (AvgIpc) is 2.69. The molecule has 5 heteroatoms. The molecule has 19 heavy (non-hydrogen) atoms. The standard InChI is InChI=1S/C14H18N2O3/c1-3-4-5-13(17)15-9-10-6-7-11-12(8-10)19-14(18)16(11)2/h6-8H,3-5,9H2,1-2H3,(H,15,17). The summed E-state index contributed by atoms with van der Waals surface area (Å²) in [6, 6.07) is 5.50. The van der Waals surface area contributed by atoms with Crippen LogP contribution < -0.4 is 11.1 Å². The molecule has 0 aliphatic carbocycles. The van der Waals surface area contributed by atoms with Crippen LogP contribution in [-0.2, 0) is 18.4 Å². The van der Waals surface area contributed by atoms with E-state index in [4.69, 9.17) is 4.42 Å². The number of aromatic nitrogens is 1. The van der Waals surface area contributed by atoms with Crippen molar-refractivity contribution in [2.45, 2.75) is 32.7 Å². The minimum Gasteiger partial charge on any atom is -0.408 e. The summed E-state index contributed by atoms with van der Waals surface area (Å²) in [5.74, 6) is -0.324. The fraction of sp³-hybridized carbons (Fsp3) is 0.429. The molecule has 1 heterocycles. The monoisotopic (exact) mass is 262 g/mol. The zero-order chi connectivity index (χ0) is 13.8. The highest BCUT2D eigenvalue weighted by Crippen LogP contribution is 2.14. The van der Waals surface area contributed by atoms with Gasteiger partial charge in [0.15, 0.2) is 5.58 Å². The number of amides is 1. The molecule has 0 saturated carbocycles. The second-order valence-electron chi connectivity index (χ2n) is 4.61. The Morgan fingerprint density at radius 1 is 1.42 bits per heavy atom. The van der Waals surface area contributed by atoms with Crippen LogP contribution in [0.3, 0.4) is 0 Å². The summed E-state index contributed by atoms with van der Waals surface area (Å²) in [5, 5.41) is 2.85. The summed E-state index contributed by atoms with van der Waals surface area (Å²) in [6.45, 7) is 2.51. The molecule has 0 fully saturated rings. The van der Waals surface area contributed by atoms with E-state index >= 15 is 0 Å². The molecule has 2 rings (SSSR count). The lowest BCUT2D eigenvalue weighted by Gasteiger charge is -2.04. The van der Waals surface area contributed by atoms with E-state index in [2.05, 4.69) is 12.2 Å². The van der Waals surface area contributed by atoms with Crippen LogP contribution in [0.25, 0.3) is 11.1 Å². The summed E-state index contributed by atoms with van der Waals surface area (Å²) in [6.07, 6.45) is 2.46. The summed E-state index contributed by atoms with van der Waals surface area (Å²) in [4.78, 5) is 22.9. The molecule has 0 atom stereocenters. The second-order valence-corrected chi connectivity index (χ2v) is 4.61. The molecule has 0 saturated heterocycles. The first kappa shape index (κ1) is 13.4. The fourth-order valence-electron chi connectivity index (χ4n) is 1.91. The highest BCUT2D eigenvalue weighted by atomic mass is 16.4. The summed E-state index contributed by atoms with van der Waals surface area (Å²) < 4.78 is 6.56. The molecule has 1 N–H and O–H groups in total. The first-order valence-electron chi connectivity index (χ1n) is 6.47. The van der Waals surface area contributed by atoms with Gasteiger partial charge in [-0.3, -0.25) is 9.36 Å². The Hall–Kier alpha value is -2.04. The van der Waals surface area contributed by atoms with Gasteiger partial charge in [0.25, 0.3) is 0 Å². The number of fused-ring (bicyclic) bond motifs is 1. The number of hydrogen-bond donors (Lipinski definition) is 1. The van der Waals surface area contributed by atoms with Crippen molar-refractivity contribution in [1.29, 1.82) is 0 Å². The number of carbonyl (C=O) groups excluding carboxylic acids is 1. The number of aryl methyl sites for hydroxylation is 1. The van der Waals surface area contributed by atoms with Crippen molar-refractivity contribution in [2.75, 3.05) is 0 Å². The predicted molar refractivity (Wildman–Crippen MR) is 72.8 cm³/mol. The zero-order valence-electron chi connectivity index (χ0n) is 11.2. The normalized spacial score (nSPS) is 10.8. The molecule has 0 unspecified atom stereocenters. The molecule has 1 aromatic carbocycles. The molecule has 0 aliphatic rings. The van der Waals surface area contributed by atoms with Gasteiger partial charge in [-0.1, -0.05) is 19.4 Å². The summed E-state index contributed by atoms with van der Waals surface area (Å²) in [5.41, 5.74) is 2.23. The number of hydrogen-bond acceptors (Lipinski definition) is 3. The number of nitrogens with one attached hydrogen (secondary N) is 1. The quantitative estimate of drug-likeness (QED) is 0.895. The van der Waals surface area contributed by atoms with Crippen molar-refractivity contribution in [3.8, 4) is 0 Å². The molecule has 0 bridgehead atoms. The van der Waals surface area contributed by atoms with Crippen LogP contribution >= 0.6 is 0 Å². The minimum absolute atomic E-state index is 0.0523. The molecular weight excluding hydrogens is 244 g/mol. The Kier molecular flexibility index (Phi) is 4.04. The first-order valence-corrected chi connectivity index (χ1v) is 6.47. The highest BCUT2D eigenvalue weighted by Gasteiger charge is 2.07. The van der Waals surface area contributed by atoms with Gasteiger partial charge in [0.2, 0.25) is 5.91 Å². The van der Waals surface area contributed by atoms with Crippen LogP contribution in [0.15, 0.2) is 27.4 Å². The maximum atomic E-state index is 11.5. The summed E-state index contributed by atoms with van der Waals surface area (Å²) >= 11 is 0. The summed E-state index contributed by atoms with van der Waals surface area (Å²) in [7, 11) is 1.67. The number of unbranched alkanes of at least 4 members (excludes halogenated alkanes) is 1. The van der Waals surface area contributed by atoms with Gasteiger partial charge in [0.05, 0.1) is 5.52 Å². The third kappa shape index (κ3) is 3.05. The van der Waals surface area contributed by atoms with Crippen molar-refractivity contribution >= 4 is 17.0 Å². The molecule has 1 aromatic heterocycles. The second kappa shape index (κ2) is 5.73. The third-order valence-electron chi connectivity index (χ3n) is 3.10. The van der Waals surface area contributed by atoms with Gasteiger partial charge in [-0.2, -0.15) is 0 Å². The Balaban J connectivity index is 2.06. The van der Waals surface area contributed by atoms with E-state index in [0.29, 0.717) is 18.5 Å². The molecule has 0 radical (unpaired) electrons. The van der Waals surface area contributed by atoms with Crippen LogP contribution in [0, 0.1) is 0 Å². The molecule has 0 aliphatic heterocycles. The molecule has 102 valence electrons. The molecule has 0 spiro atoms. The molecule has 2 aromatic rings. The van der Waals surface area contributed by atoms with E-state index < -0.39 is 0 Å². The highest BCUT2D eigenvalue weighted by molar-refractivity contribution is 5.76. The van der Waals surface area contributed by atoms with Gasteiger partial charge >= 0.3 is 5.76 Å². The maximum Gasteiger partial charge on any atom is 0.419 e. The molecule has 1 amide bonds. The number of oxazole rings is 1. The number of benzene rings is 1. The molecular formula is C14H18N2O3. The van der Waals surface area contributed by atoms with Crippen molar-refractivity contribution in [1.82, 2.24) is 9.88 Å². The van der Waals surface area contributed by atoms with E-state index in [9.17, 15) is 9.59 Å². The number of carbonyl (C=O) groups is 1. The lowest BCUT2D eigenvalue weighted by atomic mass is 10.2. The topological polar surface area (TPSA) is 64.2 Å². The van der Waals surface area contributed by atoms with Gasteiger partial charge in [-0.25, -0.2) is 4.79 Å². The van der Waals surface area contributed by atoms with E-state index in [1.807, 2.05) is 12.1 Å². The van der Waals surface area contributed by atoms with Gasteiger partial charge in [0.1, 0.15) is 0 Å². The molecule has 5 nitrogen and oxygen atoms in total. The van der Waals surface area contributed by atoms with E-state index in [-0.39, 0.29) is 11.7 Å². The van der Waals surface area contributed by atoms with Crippen LogP contribution in [-0.4, -0.2) is 10.5 Å². The Bertz CT molecular complexity index is 640. The minimum atomic E-state index is -0.376. The number of rotatable bonds is 5. The smallest absolute Gasteiger partial charge is 0.408 e. The van der Waals surface area contributed by atoms with Gasteiger partial charge in [0, 0.05) is 20.0 Å². The maximum absolute atomic E-state index is 11.5. The first-order chi connectivity index (χ1) is 9.11. The van der Waals surface area contributed by atoms with Gasteiger partial charge < -0.3 is 9.73 Å². The Morgan fingerprint density at radius 3 is 2.95 bits per heavy atom. The van der Waals surface area contributed by atoms with E-state index in [1.165, 1.54) is 4.57 Å². The number of nitrogens with zero attached hydrogens (tertiary/aromatic N) is 1. The predicted octanol–water partition coefficient (Wildman–Crippen LogP) is 1.94. The SMILES string of the molecule is CCCCC(=O)NCc1ccc2c(c1)oc(=O)n2C. The average molecular weight is 262 g/mol. The van der Waals surface area contributed by atoms with Crippen molar-refractivity contribution < 1.29 is 9.21 Å². The van der Waals surface area contributed by atoms with Crippen LogP contribution in [0.1, 0.15) is 31.7 Å². The van der Waals surface area contributed by atoms with Gasteiger partial charge in [-0.15, -0.1) is 0 Å². The zero-order valence-corrected chi connectivity index (χ0v) is 11.2. The third-order valence-corrected chi connectivity index (χ3v) is 3.10. The van der Waals surface area contributed by atoms with Crippen LogP contribution in [0.4, 0.5) is 0 Å². The van der Waals surface area contributed by atoms with Crippen molar-refractivity contribution in [3.63, 3.8) is 0 Å². The lowest BCUT2D eigenvalue weighted by molar-refractivity contribution is -0.121. The van der Waals surface area contributed by atoms with Crippen molar-refractivity contribution in [3.05, 3.63) is 34.3 Å². The van der Waals surface area contributed by atoms with E-state index in [1.54, 1.807) is 13.1 Å². The fourth-order valence-corrected chi connectivity index (χ4v) is 1.91. The van der Waals surface area contributed by atoms with Crippen LogP contribution in [0.5, 0.6) is 0 Å². The Labute approximate surface area is 111 Å². The van der Waals surface area contributed by atoms with Gasteiger partial charge in [-0.05, 0) is 24.1 Å². The lowest BCUT2D eigenvalue weighted by Crippen LogP contribution is -2.22.